The van der Waals surface area contributed by atoms with Crippen LogP contribution < -0.4 is 0 Å². The summed E-state index contributed by atoms with van der Waals surface area (Å²) >= 11 is 11.6. The second-order valence-corrected chi connectivity index (χ2v) is 3.56. The van der Waals surface area contributed by atoms with Gasteiger partial charge in [-0.1, -0.05) is 29.3 Å². The molecule has 80 valence electrons. The smallest absolute Gasteiger partial charge is 0.348 e. The number of hydrogen-bond acceptors (Lipinski definition) is 3. The van der Waals surface area contributed by atoms with Crippen LogP contribution in [0.3, 0.4) is 0 Å². The van der Waals surface area contributed by atoms with Crippen molar-refractivity contribution in [1.82, 2.24) is 0 Å². The summed E-state index contributed by atoms with van der Waals surface area (Å²) in [7, 11) is 1.30. The maximum absolute atomic E-state index is 10.7. The SMILES string of the molecule is COC(=O)C=NCc1ccc(Cl)c(Cl)c1. The number of carbonyl (C=O) groups is 1. The molecular formula is C10H9Cl2NO2. The summed E-state index contributed by atoms with van der Waals surface area (Å²) < 4.78 is 4.40. The Kier molecular flexibility index (Phi) is 4.59. The number of benzene rings is 1. The highest BCUT2D eigenvalue weighted by Crippen LogP contribution is 2.22. The maximum atomic E-state index is 10.7. The summed E-state index contributed by atoms with van der Waals surface area (Å²) in [6.07, 6.45) is 1.13. The average molecular weight is 246 g/mol. The van der Waals surface area contributed by atoms with Crippen LogP contribution in [0.5, 0.6) is 0 Å². The van der Waals surface area contributed by atoms with Crippen molar-refractivity contribution in [1.29, 1.82) is 0 Å². The number of aliphatic imine (C=N–C) groups is 1. The third-order valence-electron chi connectivity index (χ3n) is 1.66. The van der Waals surface area contributed by atoms with Crippen LogP contribution in [-0.2, 0) is 16.1 Å². The number of nitrogens with zero attached hydrogens (tertiary/aromatic N) is 1. The van der Waals surface area contributed by atoms with E-state index in [2.05, 4.69) is 9.73 Å². The van der Waals surface area contributed by atoms with Crippen molar-refractivity contribution < 1.29 is 9.53 Å². The van der Waals surface area contributed by atoms with E-state index in [1.54, 1.807) is 18.2 Å². The Morgan fingerprint density at radius 3 is 2.80 bits per heavy atom. The van der Waals surface area contributed by atoms with Crippen LogP contribution >= 0.6 is 23.2 Å². The van der Waals surface area contributed by atoms with E-state index in [1.807, 2.05) is 0 Å². The highest BCUT2D eigenvalue weighted by molar-refractivity contribution is 6.42. The summed E-state index contributed by atoms with van der Waals surface area (Å²) in [5.41, 5.74) is 0.879. The molecule has 15 heavy (non-hydrogen) atoms. The summed E-state index contributed by atoms with van der Waals surface area (Å²) in [5.74, 6) is -0.477. The van der Waals surface area contributed by atoms with E-state index < -0.39 is 5.97 Å². The minimum Gasteiger partial charge on any atom is -0.465 e. The number of carbonyl (C=O) groups excluding carboxylic acids is 1. The molecule has 3 nitrogen and oxygen atoms in total. The summed E-state index contributed by atoms with van der Waals surface area (Å²) in [6.45, 7) is 0.367. The van der Waals surface area contributed by atoms with Gasteiger partial charge in [0, 0.05) is 0 Å². The Morgan fingerprint density at radius 1 is 1.47 bits per heavy atom. The molecule has 0 bridgehead atoms. The molecule has 0 saturated heterocycles. The van der Waals surface area contributed by atoms with Gasteiger partial charge in [-0.15, -0.1) is 0 Å². The number of hydrogen-bond donors (Lipinski definition) is 0. The molecule has 0 heterocycles. The Morgan fingerprint density at radius 2 is 2.20 bits per heavy atom. The van der Waals surface area contributed by atoms with Gasteiger partial charge in [-0.05, 0) is 17.7 Å². The molecule has 0 saturated carbocycles. The third-order valence-corrected chi connectivity index (χ3v) is 2.39. The van der Waals surface area contributed by atoms with Gasteiger partial charge in [0.05, 0.1) is 23.7 Å². The Bertz CT molecular complexity index is 391. The molecule has 0 aliphatic rings. The van der Waals surface area contributed by atoms with Crippen LogP contribution in [0.25, 0.3) is 0 Å². The van der Waals surface area contributed by atoms with Crippen molar-refractivity contribution in [3.63, 3.8) is 0 Å². The lowest BCUT2D eigenvalue weighted by molar-refractivity contribution is -0.132. The highest BCUT2D eigenvalue weighted by atomic mass is 35.5. The lowest BCUT2D eigenvalue weighted by Crippen LogP contribution is -2.01. The fourth-order valence-corrected chi connectivity index (χ4v) is 1.24. The van der Waals surface area contributed by atoms with Gasteiger partial charge in [0.2, 0.25) is 0 Å². The standard InChI is InChI=1S/C10H9Cl2NO2/c1-15-10(14)6-13-5-7-2-3-8(11)9(12)4-7/h2-4,6H,5H2,1H3. The van der Waals surface area contributed by atoms with Gasteiger partial charge in [-0.3, -0.25) is 4.99 Å². The molecule has 5 heteroatoms. The molecule has 1 rings (SSSR count). The summed E-state index contributed by atoms with van der Waals surface area (Å²) in [4.78, 5) is 14.6. The molecule has 0 N–H and O–H groups in total. The van der Waals surface area contributed by atoms with Gasteiger partial charge < -0.3 is 4.74 Å². The van der Waals surface area contributed by atoms with Crippen LogP contribution in [0.4, 0.5) is 0 Å². The van der Waals surface area contributed by atoms with E-state index in [1.165, 1.54) is 7.11 Å². The first-order valence-corrected chi connectivity index (χ1v) is 4.91. The van der Waals surface area contributed by atoms with E-state index in [9.17, 15) is 4.79 Å². The number of esters is 1. The van der Waals surface area contributed by atoms with Gasteiger partial charge >= 0.3 is 5.97 Å². The maximum Gasteiger partial charge on any atom is 0.348 e. The topological polar surface area (TPSA) is 38.7 Å². The molecule has 1 aromatic carbocycles. The molecule has 0 unspecified atom stereocenters. The molecule has 0 radical (unpaired) electrons. The van der Waals surface area contributed by atoms with Gasteiger partial charge in [-0.2, -0.15) is 0 Å². The largest absolute Gasteiger partial charge is 0.465 e. The minimum absolute atomic E-state index is 0.367. The first-order valence-electron chi connectivity index (χ1n) is 4.15. The van der Waals surface area contributed by atoms with E-state index >= 15 is 0 Å². The molecule has 0 aliphatic heterocycles. The lowest BCUT2D eigenvalue weighted by Gasteiger charge is -1.99. The van der Waals surface area contributed by atoms with Crippen molar-refractivity contribution in [2.45, 2.75) is 6.54 Å². The molecule has 0 aromatic heterocycles. The quantitative estimate of drug-likeness (QED) is 0.607. The summed E-state index contributed by atoms with van der Waals surface area (Å²) in [6, 6.07) is 5.19. The number of rotatable bonds is 3. The van der Waals surface area contributed by atoms with Crippen molar-refractivity contribution >= 4 is 35.4 Å². The molecule has 0 spiro atoms. The van der Waals surface area contributed by atoms with Crippen molar-refractivity contribution in [3.05, 3.63) is 33.8 Å². The van der Waals surface area contributed by atoms with Crippen LogP contribution in [-0.4, -0.2) is 19.3 Å². The molecule has 0 aliphatic carbocycles. The first kappa shape index (κ1) is 12.0. The van der Waals surface area contributed by atoms with Gasteiger partial charge in [0.1, 0.15) is 6.21 Å². The normalized spacial score (nSPS) is 10.6. The molecule has 0 fully saturated rings. The van der Waals surface area contributed by atoms with Crippen molar-refractivity contribution in [3.8, 4) is 0 Å². The summed E-state index contributed by atoms with van der Waals surface area (Å²) in [5, 5.41) is 0.972. The average Bonchev–Trinajstić information content (AvgIpc) is 2.23. The number of halogens is 2. The molecule has 0 atom stereocenters. The fourth-order valence-electron chi connectivity index (χ4n) is 0.916. The van der Waals surface area contributed by atoms with Gasteiger partial charge in [-0.25, -0.2) is 4.79 Å². The Hall–Kier alpha value is -1.06. The highest BCUT2D eigenvalue weighted by Gasteiger charge is 1.98. The van der Waals surface area contributed by atoms with Gasteiger partial charge in [0.25, 0.3) is 0 Å². The monoisotopic (exact) mass is 245 g/mol. The second kappa shape index (κ2) is 5.73. The Balaban J connectivity index is 2.62. The Labute approximate surface area is 97.7 Å². The predicted octanol–water partition coefficient (Wildman–Crippen LogP) is 2.74. The molecular weight excluding hydrogens is 237 g/mol. The fraction of sp³-hybridized carbons (Fsp3) is 0.200. The first-order chi connectivity index (χ1) is 7.13. The second-order valence-electron chi connectivity index (χ2n) is 2.74. The minimum atomic E-state index is -0.477. The van der Waals surface area contributed by atoms with Crippen molar-refractivity contribution in [2.75, 3.05) is 7.11 Å². The van der Waals surface area contributed by atoms with E-state index in [0.717, 1.165) is 11.8 Å². The number of ether oxygens (including phenoxy) is 1. The lowest BCUT2D eigenvalue weighted by atomic mass is 10.2. The molecule has 1 aromatic rings. The zero-order valence-electron chi connectivity index (χ0n) is 8.04. The van der Waals surface area contributed by atoms with E-state index in [-0.39, 0.29) is 0 Å². The number of methoxy groups -OCH3 is 1. The molecule has 0 amide bonds. The van der Waals surface area contributed by atoms with Crippen LogP contribution in [0.2, 0.25) is 10.0 Å². The van der Waals surface area contributed by atoms with Crippen LogP contribution in [0.1, 0.15) is 5.56 Å². The zero-order valence-corrected chi connectivity index (χ0v) is 9.55. The van der Waals surface area contributed by atoms with Crippen LogP contribution in [0.15, 0.2) is 23.2 Å². The van der Waals surface area contributed by atoms with E-state index in [0.29, 0.717) is 16.6 Å². The van der Waals surface area contributed by atoms with Crippen molar-refractivity contribution in [2.24, 2.45) is 4.99 Å². The zero-order chi connectivity index (χ0) is 11.3. The van der Waals surface area contributed by atoms with E-state index in [4.69, 9.17) is 23.2 Å². The van der Waals surface area contributed by atoms with Crippen LogP contribution in [0, 0.1) is 0 Å². The van der Waals surface area contributed by atoms with Gasteiger partial charge in [0.15, 0.2) is 0 Å². The third kappa shape index (κ3) is 3.90. The predicted molar refractivity (Wildman–Crippen MR) is 60.7 cm³/mol.